The second kappa shape index (κ2) is 2.99. The van der Waals surface area contributed by atoms with Crippen molar-refractivity contribution in [3.63, 3.8) is 0 Å². The Bertz CT molecular complexity index is 312. The largest absolute Gasteiger partial charge is 0.393 e. The molecule has 4 nitrogen and oxygen atoms in total. The third-order valence-corrected chi connectivity index (χ3v) is 5.31. The van der Waals surface area contributed by atoms with E-state index in [9.17, 15) is 20.4 Å². The lowest BCUT2D eigenvalue weighted by Gasteiger charge is -2.30. The molecule has 0 aromatic rings. The molecular formula is C12H20O4. The minimum Gasteiger partial charge on any atom is -0.393 e. The van der Waals surface area contributed by atoms with Gasteiger partial charge in [0.25, 0.3) is 0 Å². The molecule has 0 radical (unpaired) electrons. The van der Waals surface area contributed by atoms with Gasteiger partial charge in [0.1, 0.15) is 11.2 Å². The standard InChI is InChI=1S/C12H20O4/c13-8-6-9(14)12(16)10(11(12,15)7-8)4-2-1-3-5-10/h8-9,13-16H,1-7H2/t8-,9+,11+,12+/m0/s1. The van der Waals surface area contributed by atoms with Gasteiger partial charge in [0.15, 0.2) is 0 Å². The molecule has 3 saturated carbocycles. The first-order chi connectivity index (χ1) is 7.48. The van der Waals surface area contributed by atoms with Crippen LogP contribution in [0.15, 0.2) is 0 Å². The monoisotopic (exact) mass is 228 g/mol. The summed E-state index contributed by atoms with van der Waals surface area (Å²) in [7, 11) is 0. The van der Waals surface area contributed by atoms with Crippen molar-refractivity contribution in [2.45, 2.75) is 68.4 Å². The lowest BCUT2D eigenvalue weighted by molar-refractivity contribution is -0.119. The molecule has 0 heterocycles. The van der Waals surface area contributed by atoms with Crippen LogP contribution in [0.2, 0.25) is 0 Å². The van der Waals surface area contributed by atoms with Gasteiger partial charge in [-0.1, -0.05) is 19.3 Å². The first kappa shape index (κ1) is 11.0. The van der Waals surface area contributed by atoms with Crippen LogP contribution < -0.4 is 0 Å². The Morgan fingerprint density at radius 2 is 1.56 bits per heavy atom. The lowest BCUT2D eigenvalue weighted by atomic mass is 9.81. The number of aliphatic hydroxyl groups excluding tert-OH is 2. The molecule has 4 atom stereocenters. The normalized spacial score (nSPS) is 54.8. The van der Waals surface area contributed by atoms with Crippen LogP contribution in [0.4, 0.5) is 0 Å². The van der Waals surface area contributed by atoms with Crippen molar-refractivity contribution in [2.75, 3.05) is 0 Å². The Labute approximate surface area is 94.9 Å². The van der Waals surface area contributed by atoms with Gasteiger partial charge in [0, 0.05) is 18.3 Å². The van der Waals surface area contributed by atoms with Crippen LogP contribution in [0.3, 0.4) is 0 Å². The predicted octanol–water partition coefficient (Wildman–Crippen LogP) is -0.0717. The molecule has 0 saturated heterocycles. The van der Waals surface area contributed by atoms with E-state index in [0.717, 1.165) is 32.1 Å². The molecule has 0 aliphatic heterocycles. The fraction of sp³-hybridized carbons (Fsp3) is 1.00. The van der Waals surface area contributed by atoms with Crippen molar-refractivity contribution in [1.82, 2.24) is 0 Å². The predicted molar refractivity (Wildman–Crippen MR) is 56.7 cm³/mol. The summed E-state index contributed by atoms with van der Waals surface area (Å²) in [6.07, 6.45) is 3.36. The molecular weight excluding hydrogens is 208 g/mol. The van der Waals surface area contributed by atoms with Crippen LogP contribution in [-0.4, -0.2) is 43.8 Å². The summed E-state index contributed by atoms with van der Waals surface area (Å²) in [4.78, 5) is 0. The third-order valence-electron chi connectivity index (χ3n) is 5.31. The van der Waals surface area contributed by atoms with Crippen LogP contribution in [0.1, 0.15) is 44.9 Å². The van der Waals surface area contributed by atoms with Crippen molar-refractivity contribution < 1.29 is 20.4 Å². The molecule has 0 unspecified atom stereocenters. The van der Waals surface area contributed by atoms with Gasteiger partial charge in [0.05, 0.1) is 12.2 Å². The van der Waals surface area contributed by atoms with Gasteiger partial charge < -0.3 is 20.4 Å². The molecule has 16 heavy (non-hydrogen) atoms. The second-order valence-electron chi connectivity index (χ2n) is 5.88. The van der Waals surface area contributed by atoms with E-state index in [1.54, 1.807) is 0 Å². The van der Waals surface area contributed by atoms with Crippen molar-refractivity contribution in [1.29, 1.82) is 0 Å². The van der Waals surface area contributed by atoms with Gasteiger partial charge in [0.2, 0.25) is 0 Å². The van der Waals surface area contributed by atoms with Crippen molar-refractivity contribution in [2.24, 2.45) is 5.41 Å². The number of hydrogen-bond acceptors (Lipinski definition) is 4. The van der Waals surface area contributed by atoms with E-state index >= 15 is 0 Å². The summed E-state index contributed by atoms with van der Waals surface area (Å²) in [6.45, 7) is 0. The zero-order valence-electron chi connectivity index (χ0n) is 9.39. The Kier molecular flexibility index (Phi) is 2.05. The number of hydrogen-bond donors (Lipinski definition) is 4. The quantitative estimate of drug-likeness (QED) is 0.468. The second-order valence-corrected chi connectivity index (χ2v) is 5.88. The van der Waals surface area contributed by atoms with E-state index in [0.29, 0.717) is 0 Å². The average molecular weight is 228 g/mol. The fourth-order valence-electron chi connectivity index (χ4n) is 4.51. The molecule has 0 bridgehead atoms. The third kappa shape index (κ3) is 0.919. The van der Waals surface area contributed by atoms with Gasteiger partial charge in [-0.3, -0.25) is 0 Å². The van der Waals surface area contributed by atoms with Gasteiger partial charge >= 0.3 is 0 Å². The first-order valence-corrected chi connectivity index (χ1v) is 6.29. The molecule has 3 aliphatic carbocycles. The van der Waals surface area contributed by atoms with Crippen molar-refractivity contribution in [3.8, 4) is 0 Å². The highest BCUT2D eigenvalue weighted by atomic mass is 16.4. The Morgan fingerprint density at radius 1 is 0.938 bits per heavy atom. The van der Waals surface area contributed by atoms with E-state index in [1.165, 1.54) is 0 Å². The minimum absolute atomic E-state index is 0.181. The van der Waals surface area contributed by atoms with Gasteiger partial charge in [-0.05, 0) is 12.8 Å². The Balaban J connectivity index is 1.97. The maximum atomic E-state index is 10.6. The van der Waals surface area contributed by atoms with Crippen LogP contribution >= 0.6 is 0 Å². The molecule has 92 valence electrons. The molecule has 4 heteroatoms. The summed E-state index contributed by atoms with van der Waals surface area (Å²) >= 11 is 0. The Morgan fingerprint density at radius 3 is 2.19 bits per heavy atom. The molecule has 3 aliphatic rings. The topological polar surface area (TPSA) is 80.9 Å². The summed E-state index contributed by atoms with van der Waals surface area (Å²) < 4.78 is 0. The van der Waals surface area contributed by atoms with E-state index < -0.39 is 28.8 Å². The molecule has 4 N–H and O–H groups in total. The highest BCUT2D eigenvalue weighted by Crippen LogP contribution is 2.76. The van der Waals surface area contributed by atoms with E-state index in [-0.39, 0.29) is 12.8 Å². The van der Waals surface area contributed by atoms with Gasteiger partial charge in [-0.15, -0.1) is 0 Å². The summed E-state index contributed by atoms with van der Waals surface area (Å²) in [6, 6.07) is 0. The van der Waals surface area contributed by atoms with Crippen molar-refractivity contribution >= 4 is 0 Å². The van der Waals surface area contributed by atoms with Gasteiger partial charge in [-0.2, -0.15) is 0 Å². The minimum atomic E-state index is -1.36. The highest BCUT2D eigenvalue weighted by molar-refractivity contribution is 5.39. The summed E-state index contributed by atoms with van der Waals surface area (Å²) in [5.41, 5.74) is -3.16. The fourth-order valence-corrected chi connectivity index (χ4v) is 4.51. The zero-order chi connectivity index (χ0) is 11.6. The van der Waals surface area contributed by atoms with E-state index in [2.05, 4.69) is 0 Å². The van der Waals surface area contributed by atoms with Crippen LogP contribution in [0, 0.1) is 5.41 Å². The van der Waals surface area contributed by atoms with Gasteiger partial charge in [-0.25, -0.2) is 0 Å². The highest BCUT2D eigenvalue weighted by Gasteiger charge is 2.89. The van der Waals surface area contributed by atoms with Crippen LogP contribution in [0.5, 0.6) is 0 Å². The molecule has 1 spiro atoms. The molecule has 3 rings (SSSR count). The molecule has 0 amide bonds. The number of rotatable bonds is 0. The average Bonchev–Trinajstić information content (AvgIpc) is 2.63. The SMILES string of the molecule is O[C@H]1C[C@@H](O)[C@@]2(O)C3(CCCCC3)[C@]2(O)C1. The molecule has 3 fully saturated rings. The Hall–Kier alpha value is -0.160. The number of aliphatic hydroxyl groups is 4. The maximum Gasteiger partial charge on any atom is 0.128 e. The summed E-state index contributed by atoms with van der Waals surface area (Å²) in [5, 5.41) is 40.7. The van der Waals surface area contributed by atoms with E-state index in [1.807, 2.05) is 0 Å². The first-order valence-electron chi connectivity index (χ1n) is 6.29. The smallest absolute Gasteiger partial charge is 0.128 e. The molecule has 0 aromatic heterocycles. The van der Waals surface area contributed by atoms with Crippen LogP contribution in [-0.2, 0) is 0 Å². The maximum absolute atomic E-state index is 10.6. The van der Waals surface area contributed by atoms with E-state index in [4.69, 9.17) is 0 Å². The lowest BCUT2D eigenvalue weighted by Crippen LogP contribution is -2.46. The zero-order valence-corrected chi connectivity index (χ0v) is 9.39. The number of fused-ring (bicyclic) bond motifs is 3. The van der Waals surface area contributed by atoms with Crippen molar-refractivity contribution in [3.05, 3.63) is 0 Å². The molecule has 0 aromatic carbocycles. The summed E-state index contributed by atoms with van der Waals surface area (Å²) in [5.74, 6) is 0. The van der Waals surface area contributed by atoms with Crippen LogP contribution in [0.25, 0.3) is 0 Å².